The maximum absolute atomic E-state index is 5.36. The van der Waals surface area contributed by atoms with Gasteiger partial charge in [0.1, 0.15) is 11.6 Å². The molecule has 0 saturated heterocycles. The molecule has 0 spiro atoms. The molecule has 118 valence electrons. The predicted octanol–water partition coefficient (Wildman–Crippen LogP) is 4.09. The Morgan fingerprint density at radius 1 is 1.13 bits per heavy atom. The van der Waals surface area contributed by atoms with Gasteiger partial charge in [0.05, 0.1) is 29.5 Å². The molecule has 5 nitrogen and oxygen atoms in total. The Balaban J connectivity index is 1.77. The number of aryl methyl sites for hydroxylation is 1. The van der Waals surface area contributed by atoms with Crippen LogP contribution in [0.5, 0.6) is 5.75 Å². The van der Waals surface area contributed by atoms with Crippen LogP contribution in [0, 0.1) is 6.92 Å². The van der Waals surface area contributed by atoms with Crippen molar-refractivity contribution in [3.63, 3.8) is 0 Å². The smallest absolute Gasteiger partial charge is 0.149 e. The van der Waals surface area contributed by atoms with Crippen molar-refractivity contribution in [1.29, 1.82) is 0 Å². The number of anilines is 1. The van der Waals surface area contributed by atoms with Crippen molar-refractivity contribution < 1.29 is 4.74 Å². The number of hydrogen-bond acceptors (Lipinski definition) is 6. The lowest BCUT2D eigenvalue weighted by Gasteiger charge is -2.12. The number of benzene rings is 1. The monoisotopic (exact) mass is 326 g/mol. The van der Waals surface area contributed by atoms with E-state index in [1.807, 2.05) is 43.3 Å². The minimum absolute atomic E-state index is 0.0892. The molecule has 6 heteroatoms. The SMILES string of the molecule is COc1ccccc1-c1ccc(N[C@H](C)c2csc(C)n2)nn1. The van der Waals surface area contributed by atoms with Crippen molar-refractivity contribution in [1.82, 2.24) is 15.2 Å². The van der Waals surface area contributed by atoms with Crippen LogP contribution in [0.3, 0.4) is 0 Å². The van der Waals surface area contributed by atoms with Crippen molar-refractivity contribution in [2.24, 2.45) is 0 Å². The van der Waals surface area contributed by atoms with Crippen molar-refractivity contribution in [2.75, 3.05) is 12.4 Å². The first kappa shape index (κ1) is 15.4. The first-order valence-corrected chi connectivity index (χ1v) is 8.21. The standard InChI is InChI=1S/C17H18N4OS/c1-11(15-10-23-12(2)19-15)18-17-9-8-14(20-21-17)13-6-4-5-7-16(13)22-3/h4-11H,1-3H3,(H,18,21)/t11-/m1/s1. The van der Waals surface area contributed by atoms with Gasteiger partial charge in [0.25, 0.3) is 0 Å². The highest BCUT2D eigenvalue weighted by molar-refractivity contribution is 7.09. The van der Waals surface area contributed by atoms with E-state index in [0.29, 0.717) is 0 Å². The van der Waals surface area contributed by atoms with E-state index in [2.05, 4.69) is 32.8 Å². The number of hydrogen-bond donors (Lipinski definition) is 1. The Labute approximate surface area is 139 Å². The lowest BCUT2D eigenvalue weighted by atomic mass is 10.1. The van der Waals surface area contributed by atoms with Crippen LogP contribution >= 0.6 is 11.3 Å². The molecule has 0 aliphatic rings. The summed E-state index contributed by atoms with van der Waals surface area (Å²) in [6, 6.07) is 11.7. The molecule has 0 aliphatic heterocycles. The second-order valence-corrected chi connectivity index (χ2v) is 6.22. The molecule has 3 aromatic rings. The number of nitrogens with zero attached hydrogens (tertiary/aromatic N) is 3. The first-order chi connectivity index (χ1) is 11.2. The molecule has 1 atom stereocenters. The van der Waals surface area contributed by atoms with Gasteiger partial charge in [-0.05, 0) is 38.1 Å². The minimum Gasteiger partial charge on any atom is -0.496 e. The summed E-state index contributed by atoms with van der Waals surface area (Å²) in [6.45, 7) is 4.06. The number of aromatic nitrogens is 3. The van der Waals surface area contributed by atoms with Crippen LogP contribution < -0.4 is 10.1 Å². The third-order valence-corrected chi connectivity index (χ3v) is 4.28. The molecule has 2 aromatic heterocycles. The highest BCUT2D eigenvalue weighted by Crippen LogP contribution is 2.28. The maximum Gasteiger partial charge on any atom is 0.149 e. The van der Waals surface area contributed by atoms with Gasteiger partial charge in [-0.3, -0.25) is 0 Å². The lowest BCUT2D eigenvalue weighted by molar-refractivity contribution is 0.416. The van der Waals surface area contributed by atoms with E-state index in [-0.39, 0.29) is 6.04 Å². The van der Waals surface area contributed by atoms with Gasteiger partial charge < -0.3 is 10.1 Å². The van der Waals surface area contributed by atoms with Gasteiger partial charge in [-0.1, -0.05) is 12.1 Å². The van der Waals surface area contributed by atoms with E-state index in [9.17, 15) is 0 Å². The third kappa shape index (κ3) is 3.48. The van der Waals surface area contributed by atoms with Crippen molar-refractivity contribution in [3.05, 3.63) is 52.5 Å². The molecule has 2 heterocycles. The van der Waals surface area contributed by atoms with E-state index in [1.165, 1.54) is 0 Å². The van der Waals surface area contributed by atoms with Gasteiger partial charge in [-0.2, -0.15) is 0 Å². The number of nitrogens with one attached hydrogen (secondary N) is 1. The van der Waals surface area contributed by atoms with E-state index in [4.69, 9.17) is 4.74 Å². The fourth-order valence-corrected chi connectivity index (χ4v) is 2.99. The van der Waals surface area contributed by atoms with E-state index < -0.39 is 0 Å². The summed E-state index contributed by atoms with van der Waals surface area (Å²) in [6.07, 6.45) is 0. The molecule has 0 aliphatic carbocycles. The van der Waals surface area contributed by atoms with Crippen molar-refractivity contribution >= 4 is 17.2 Å². The molecule has 0 amide bonds. The van der Waals surface area contributed by atoms with Crippen LogP contribution in [0.2, 0.25) is 0 Å². The van der Waals surface area contributed by atoms with Crippen LogP contribution in [-0.4, -0.2) is 22.3 Å². The van der Waals surface area contributed by atoms with Gasteiger partial charge in [-0.25, -0.2) is 4.98 Å². The number of methoxy groups -OCH3 is 1. The quantitative estimate of drug-likeness (QED) is 0.765. The summed E-state index contributed by atoms with van der Waals surface area (Å²) in [5.41, 5.74) is 2.73. The Morgan fingerprint density at radius 2 is 1.96 bits per heavy atom. The van der Waals surface area contributed by atoms with Gasteiger partial charge >= 0.3 is 0 Å². The summed E-state index contributed by atoms with van der Waals surface area (Å²) < 4.78 is 5.36. The molecule has 0 radical (unpaired) electrons. The Hall–Kier alpha value is -2.47. The summed E-state index contributed by atoms with van der Waals surface area (Å²) in [5.74, 6) is 1.51. The highest BCUT2D eigenvalue weighted by atomic mass is 32.1. The summed E-state index contributed by atoms with van der Waals surface area (Å²) in [5, 5.41) is 15.0. The molecule has 0 saturated carbocycles. The normalized spacial score (nSPS) is 12.0. The summed E-state index contributed by atoms with van der Waals surface area (Å²) >= 11 is 1.65. The van der Waals surface area contributed by atoms with E-state index in [1.54, 1.807) is 18.4 Å². The zero-order valence-electron chi connectivity index (χ0n) is 13.3. The van der Waals surface area contributed by atoms with Gasteiger partial charge in [0.15, 0.2) is 0 Å². The fourth-order valence-electron chi connectivity index (χ4n) is 2.28. The van der Waals surface area contributed by atoms with Crippen LogP contribution in [0.4, 0.5) is 5.82 Å². The fraction of sp³-hybridized carbons (Fsp3) is 0.235. The number of ether oxygens (including phenoxy) is 1. The van der Waals surface area contributed by atoms with Crippen molar-refractivity contribution in [2.45, 2.75) is 19.9 Å². The van der Waals surface area contributed by atoms with Gasteiger partial charge in [0, 0.05) is 10.9 Å². The Morgan fingerprint density at radius 3 is 2.61 bits per heavy atom. The Bertz CT molecular complexity index is 785. The number of para-hydroxylation sites is 1. The van der Waals surface area contributed by atoms with Gasteiger partial charge in [0.2, 0.25) is 0 Å². The minimum atomic E-state index is 0.0892. The van der Waals surface area contributed by atoms with Crippen LogP contribution in [0.1, 0.15) is 23.7 Å². The average molecular weight is 326 g/mol. The average Bonchev–Trinajstić information content (AvgIpc) is 3.02. The predicted molar refractivity (Wildman–Crippen MR) is 92.9 cm³/mol. The second-order valence-electron chi connectivity index (χ2n) is 5.16. The lowest BCUT2D eigenvalue weighted by Crippen LogP contribution is -2.09. The maximum atomic E-state index is 5.36. The van der Waals surface area contributed by atoms with Crippen LogP contribution in [0.25, 0.3) is 11.3 Å². The van der Waals surface area contributed by atoms with Crippen LogP contribution in [0.15, 0.2) is 41.8 Å². The largest absolute Gasteiger partial charge is 0.496 e. The molecule has 1 aromatic carbocycles. The molecular formula is C17H18N4OS. The second kappa shape index (κ2) is 6.75. The molecule has 23 heavy (non-hydrogen) atoms. The number of rotatable bonds is 5. The number of thiazole rings is 1. The highest BCUT2D eigenvalue weighted by Gasteiger charge is 2.11. The first-order valence-electron chi connectivity index (χ1n) is 7.33. The molecule has 0 unspecified atom stereocenters. The molecule has 1 N–H and O–H groups in total. The summed E-state index contributed by atoms with van der Waals surface area (Å²) in [7, 11) is 1.65. The van der Waals surface area contributed by atoms with E-state index >= 15 is 0 Å². The molecule has 0 bridgehead atoms. The Kier molecular flexibility index (Phi) is 4.52. The van der Waals surface area contributed by atoms with Gasteiger partial charge in [-0.15, -0.1) is 21.5 Å². The topological polar surface area (TPSA) is 59.9 Å². The molecule has 0 fully saturated rings. The molecule has 3 rings (SSSR count). The summed E-state index contributed by atoms with van der Waals surface area (Å²) in [4.78, 5) is 4.49. The van der Waals surface area contributed by atoms with Crippen molar-refractivity contribution in [3.8, 4) is 17.0 Å². The van der Waals surface area contributed by atoms with E-state index in [0.717, 1.165) is 33.5 Å². The van der Waals surface area contributed by atoms with Crippen LogP contribution in [-0.2, 0) is 0 Å². The molecular weight excluding hydrogens is 308 g/mol. The third-order valence-electron chi connectivity index (χ3n) is 3.49. The zero-order chi connectivity index (χ0) is 16.2. The zero-order valence-corrected chi connectivity index (χ0v) is 14.1.